The lowest BCUT2D eigenvalue weighted by Gasteiger charge is -2.38. The molecule has 4 rings (SSSR count). The number of benzene rings is 2. The number of carbonyl (C=O) groups is 2. The molecule has 0 unspecified atom stereocenters. The van der Waals surface area contributed by atoms with Gasteiger partial charge in [-0.25, -0.2) is 9.78 Å². The first-order valence-corrected chi connectivity index (χ1v) is 12.6. The Kier molecular flexibility index (Phi) is 8.29. The molecule has 14 heteroatoms. The minimum atomic E-state index is -4.55. The maximum absolute atomic E-state index is 12.9. The van der Waals surface area contributed by atoms with E-state index >= 15 is 0 Å². The zero-order valence-corrected chi connectivity index (χ0v) is 22.9. The summed E-state index contributed by atoms with van der Waals surface area (Å²) in [5.74, 6) is 0.465. The van der Waals surface area contributed by atoms with Crippen LogP contribution in [-0.4, -0.2) is 43.6 Å². The van der Waals surface area contributed by atoms with Crippen molar-refractivity contribution in [1.29, 1.82) is 0 Å². The molecule has 0 aliphatic rings. The minimum absolute atomic E-state index is 0.0468. The molecule has 0 atom stereocenters. The highest BCUT2D eigenvalue weighted by atomic mass is 35.5. The molecule has 0 aliphatic carbocycles. The van der Waals surface area contributed by atoms with Crippen LogP contribution in [-0.2, 0) is 12.7 Å². The second-order valence-corrected chi connectivity index (χ2v) is 10.3. The van der Waals surface area contributed by atoms with Crippen molar-refractivity contribution in [3.8, 4) is 11.6 Å². The Morgan fingerprint density at radius 1 is 1.07 bits per heavy atom. The number of nitrogens with zero attached hydrogens (tertiary/aromatic N) is 4. The number of carbonyl (C=O) groups excluding carboxylic acids is 2. The molecule has 0 aliphatic heterocycles. The van der Waals surface area contributed by atoms with Gasteiger partial charge < -0.3 is 34.7 Å². The van der Waals surface area contributed by atoms with Crippen LogP contribution >= 0.6 is 11.6 Å². The number of amides is 3. The van der Waals surface area contributed by atoms with Crippen molar-refractivity contribution in [2.24, 2.45) is 0 Å². The summed E-state index contributed by atoms with van der Waals surface area (Å²) in [6.07, 6.45) is -2.77. The quantitative estimate of drug-likeness (QED) is 0.273. The van der Waals surface area contributed by atoms with Gasteiger partial charge in [0.2, 0.25) is 5.88 Å². The van der Waals surface area contributed by atoms with Crippen LogP contribution in [0.4, 0.5) is 34.1 Å². The van der Waals surface area contributed by atoms with E-state index in [9.17, 15) is 27.9 Å². The standard InChI is InChI=1S/C27H26ClF3N6O4/c1-26(2,3)37(25(39)40)12-11-36-10-9-21-22(36)23(33-15-32-21)41-18-7-8-20(19(28)14-18)35-24(38)34-17-6-4-5-16(13-17)27(29,30)31/h4-10,13-15H,11-12H2,1-3H3,(H,39,40)(H2,34,35,38)/p-1. The molecule has 0 bridgehead atoms. The van der Waals surface area contributed by atoms with Gasteiger partial charge in [-0.15, -0.1) is 0 Å². The van der Waals surface area contributed by atoms with E-state index in [-0.39, 0.29) is 41.1 Å². The minimum Gasteiger partial charge on any atom is -0.530 e. The van der Waals surface area contributed by atoms with Gasteiger partial charge in [-0.2, -0.15) is 18.2 Å². The number of hydrogen-bond acceptors (Lipinski definition) is 6. The molecule has 0 fully saturated rings. The first kappa shape index (κ1) is 29.5. The Hall–Kier alpha value is -4.52. The smallest absolute Gasteiger partial charge is 0.416 e. The Morgan fingerprint density at radius 2 is 1.83 bits per heavy atom. The fourth-order valence-corrected chi connectivity index (χ4v) is 4.22. The van der Waals surface area contributed by atoms with Crippen LogP contribution < -0.4 is 20.5 Å². The number of nitrogens with one attached hydrogen (secondary N) is 2. The summed E-state index contributed by atoms with van der Waals surface area (Å²) in [6, 6.07) is 9.58. The van der Waals surface area contributed by atoms with Gasteiger partial charge in [0.25, 0.3) is 0 Å². The summed E-state index contributed by atoms with van der Waals surface area (Å²) < 4.78 is 46.5. The molecule has 0 saturated heterocycles. The van der Waals surface area contributed by atoms with Gasteiger partial charge in [-0.1, -0.05) is 17.7 Å². The van der Waals surface area contributed by atoms with Crippen molar-refractivity contribution >= 4 is 46.1 Å². The lowest BCUT2D eigenvalue weighted by atomic mass is 10.1. The van der Waals surface area contributed by atoms with Crippen LogP contribution in [0.3, 0.4) is 0 Å². The van der Waals surface area contributed by atoms with Crippen molar-refractivity contribution in [1.82, 2.24) is 19.4 Å². The van der Waals surface area contributed by atoms with Gasteiger partial charge in [0.15, 0.2) is 0 Å². The third-order valence-corrected chi connectivity index (χ3v) is 6.27. The number of fused-ring (bicyclic) bond motifs is 1. The van der Waals surface area contributed by atoms with Gasteiger partial charge in [-0.3, -0.25) is 0 Å². The fraction of sp³-hybridized carbons (Fsp3) is 0.259. The number of rotatable bonds is 7. The predicted molar refractivity (Wildman–Crippen MR) is 145 cm³/mol. The molecule has 0 saturated carbocycles. The Morgan fingerprint density at radius 3 is 2.49 bits per heavy atom. The van der Waals surface area contributed by atoms with Crippen LogP contribution in [0.5, 0.6) is 11.6 Å². The number of anilines is 2. The molecule has 4 aromatic rings. The highest BCUT2D eigenvalue weighted by molar-refractivity contribution is 6.34. The summed E-state index contributed by atoms with van der Waals surface area (Å²) in [5.41, 5.74) is -0.322. The van der Waals surface area contributed by atoms with Gasteiger partial charge in [0.05, 0.1) is 21.8 Å². The fourth-order valence-electron chi connectivity index (χ4n) is 4.00. The number of hydrogen-bond donors (Lipinski definition) is 2. The monoisotopic (exact) mass is 589 g/mol. The second kappa shape index (κ2) is 11.5. The zero-order chi connectivity index (χ0) is 29.9. The van der Waals surface area contributed by atoms with E-state index in [2.05, 4.69) is 20.6 Å². The number of carboxylic acid groups (broad SMARTS) is 1. The van der Waals surface area contributed by atoms with Crippen LogP contribution in [0.2, 0.25) is 5.02 Å². The van der Waals surface area contributed by atoms with E-state index in [1.807, 2.05) is 0 Å². The van der Waals surface area contributed by atoms with E-state index in [1.165, 1.54) is 41.6 Å². The summed E-state index contributed by atoms with van der Waals surface area (Å²) in [4.78, 5) is 33.7. The van der Waals surface area contributed by atoms with Gasteiger partial charge >= 0.3 is 12.2 Å². The maximum atomic E-state index is 12.9. The average molecular weight is 590 g/mol. The van der Waals surface area contributed by atoms with E-state index in [1.54, 1.807) is 37.6 Å². The molecular formula is C27H25ClF3N6O4-. The highest BCUT2D eigenvalue weighted by Gasteiger charge is 2.30. The SMILES string of the molecule is CC(C)(C)N(CCn1ccc2ncnc(Oc3ccc(NC(=O)Nc4cccc(C(F)(F)F)c4)c(Cl)c3)c21)C(=O)[O-]. The number of ether oxygens (including phenoxy) is 1. The van der Waals surface area contributed by atoms with Crippen molar-refractivity contribution in [2.45, 2.75) is 39.0 Å². The van der Waals surface area contributed by atoms with Gasteiger partial charge in [-0.05, 0) is 57.2 Å². The van der Waals surface area contributed by atoms with Crippen molar-refractivity contribution in [3.63, 3.8) is 0 Å². The number of halogens is 4. The molecule has 2 aromatic carbocycles. The van der Waals surface area contributed by atoms with Crippen LogP contribution in [0.1, 0.15) is 26.3 Å². The zero-order valence-electron chi connectivity index (χ0n) is 22.1. The van der Waals surface area contributed by atoms with Crippen LogP contribution in [0.15, 0.2) is 61.1 Å². The largest absolute Gasteiger partial charge is 0.530 e. The van der Waals surface area contributed by atoms with E-state index < -0.39 is 29.4 Å². The average Bonchev–Trinajstić information content (AvgIpc) is 3.28. The third-order valence-electron chi connectivity index (χ3n) is 5.96. The summed E-state index contributed by atoms with van der Waals surface area (Å²) in [5, 5.41) is 16.5. The van der Waals surface area contributed by atoms with Crippen LogP contribution in [0, 0.1) is 0 Å². The molecule has 0 radical (unpaired) electrons. The summed E-state index contributed by atoms with van der Waals surface area (Å²) in [7, 11) is 0. The summed E-state index contributed by atoms with van der Waals surface area (Å²) >= 11 is 6.34. The third kappa shape index (κ3) is 7.17. The molecule has 2 N–H and O–H groups in total. The predicted octanol–water partition coefficient (Wildman–Crippen LogP) is 5.98. The molecule has 0 spiro atoms. The van der Waals surface area contributed by atoms with Crippen molar-refractivity contribution in [2.75, 3.05) is 17.2 Å². The lowest BCUT2D eigenvalue weighted by Crippen LogP contribution is -2.52. The van der Waals surface area contributed by atoms with E-state index in [4.69, 9.17) is 16.3 Å². The molecule has 2 heterocycles. The second-order valence-electron chi connectivity index (χ2n) is 9.91. The number of alkyl halides is 3. The maximum Gasteiger partial charge on any atom is 0.416 e. The number of aromatic nitrogens is 3. The Labute approximate surface area is 237 Å². The van der Waals surface area contributed by atoms with Gasteiger partial charge in [0.1, 0.15) is 23.7 Å². The first-order valence-electron chi connectivity index (χ1n) is 12.2. The molecular weight excluding hydrogens is 565 g/mol. The van der Waals surface area contributed by atoms with E-state index in [0.29, 0.717) is 11.0 Å². The number of urea groups is 1. The van der Waals surface area contributed by atoms with Crippen LogP contribution in [0.25, 0.3) is 11.0 Å². The highest BCUT2D eigenvalue weighted by Crippen LogP contribution is 2.33. The molecule has 10 nitrogen and oxygen atoms in total. The van der Waals surface area contributed by atoms with Crippen molar-refractivity contribution in [3.05, 3.63) is 71.6 Å². The first-order chi connectivity index (χ1) is 19.2. The normalized spacial score (nSPS) is 11.8. The topological polar surface area (TPSA) is 124 Å². The van der Waals surface area contributed by atoms with E-state index in [0.717, 1.165) is 12.1 Å². The molecule has 216 valence electrons. The Bertz CT molecular complexity index is 1590. The van der Waals surface area contributed by atoms with Crippen molar-refractivity contribution < 1.29 is 32.6 Å². The van der Waals surface area contributed by atoms with Gasteiger partial charge in [0, 0.05) is 36.6 Å². The summed E-state index contributed by atoms with van der Waals surface area (Å²) in [6.45, 7) is 5.74. The lowest BCUT2D eigenvalue weighted by molar-refractivity contribution is -0.270. The molecule has 41 heavy (non-hydrogen) atoms. The molecule has 2 aromatic heterocycles. The Balaban J connectivity index is 1.48. The molecule has 3 amide bonds.